The monoisotopic (exact) mass is 284 g/mol. The van der Waals surface area contributed by atoms with Gasteiger partial charge in [-0.15, -0.1) is 11.3 Å². The van der Waals surface area contributed by atoms with Gasteiger partial charge in [0.2, 0.25) is 0 Å². The van der Waals surface area contributed by atoms with Gasteiger partial charge in [-0.05, 0) is 25.9 Å². The highest BCUT2D eigenvalue weighted by molar-refractivity contribution is 7.15. The lowest BCUT2D eigenvalue weighted by atomic mass is 10.1. The fourth-order valence-electron chi connectivity index (χ4n) is 2.65. The van der Waals surface area contributed by atoms with E-state index < -0.39 is 0 Å². The Labute approximate surface area is 119 Å². The third-order valence-corrected chi connectivity index (χ3v) is 4.36. The highest BCUT2D eigenvalue weighted by Gasteiger charge is 2.23. The van der Waals surface area contributed by atoms with Crippen molar-refractivity contribution in [3.63, 3.8) is 0 Å². The number of rotatable bonds is 7. The largest absolute Gasteiger partial charge is 0.383 e. The van der Waals surface area contributed by atoms with Crippen LogP contribution in [-0.2, 0) is 11.3 Å². The van der Waals surface area contributed by atoms with E-state index in [0.717, 1.165) is 32.2 Å². The zero-order valence-electron chi connectivity index (χ0n) is 11.8. The molecule has 2 heterocycles. The lowest BCUT2D eigenvalue weighted by Crippen LogP contribution is -2.29. The van der Waals surface area contributed by atoms with Gasteiger partial charge >= 0.3 is 0 Å². The normalized spacial score (nSPS) is 20.5. The summed E-state index contributed by atoms with van der Waals surface area (Å²) in [6, 6.07) is 0. The molecule has 1 aliphatic heterocycles. The van der Waals surface area contributed by atoms with Crippen LogP contribution < -0.4 is 5.73 Å². The van der Waals surface area contributed by atoms with Gasteiger partial charge in [0.25, 0.3) is 0 Å². The molecule has 5 nitrogen and oxygen atoms in total. The molecule has 6 heteroatoms. The first kappa shape index (κ1) is 14.7. The lowest BCUT2D eigenvalue weighted by molar-refractivity contribution is 0.157. The van der Waals surface area contributed by atoms with Gasteiger partial charge < -0.3 is 20.3 Å². The molecule has 19 heavy (non-hydrogen) atoms. The standard InChI is InChI=1S/C13H24N4OS/c1-16(10-12-7-15-13(14)19-12)8-11-3-4-17(9-11)5-6-18-2/h7,11H,3-6,8-10H2,1-2H3,(H2,14,15)/t11-/m0/s1. The molecular formula is C13H24N4OS. The number of methoxy groups -OCH3 is 1. The van der Waals surface area contributed by atoms with Crippen LogP contribution in [0.3, 0.4) is 0 Å². The smallest absolute Gasteiger partial charge is 0.180 e. The number of nitrogens with two attached hydrogens (primary N) is 1. The molecule has 1 aromatic rings. The maximum atomic E-state index is 5.65. The molecule has 0 aliphatic carbocycles. The van der Waals surface area contributed by atoms with E-state index in [9.17, 15) is 0 Å². The van der Waals surface area contributed by atoms with Crippen molar-refractivity contribution in [3.8, 4) is 0 Å². The SMILES string of the molecule is COCCN1CC[C@@H](CN(C)Cc2cnc(N)s2)C1. The molecule has 0 amide bonds. The van der Waals surface area contributed by atoms with Crippen molar-refractivity contribution in [2.24, 2.45) is 5.92 Å². The molecule has 1 saturated heterocycles. The number of likely N-dealkylation sites (tertiary alicyclic amines) is 1. The molecule has 1 aromatic heterocycles. The second kappa shape index (κ2) is 7.19. The van der Waals surface area contributed by atoms with E-state index in [1.54, 1.807) is 18.4 Å². The Kier molecular flexibility index (Phi) is 5.57. The minimum atomic E-state index is 0.662. The van der Waals surface area contributed by atoms with Gasteiger partial charge in [-0.25, -0.2) is 4.98 Å². The van der Waals surface area contributed by atoms with Crippen molar-refractivity contribution < 1.29 is 4.74 Å². The average Bonchev–Trinajstić information content (AvgIpc) is 2.96. The third-order valence-electron chi connectivity index (χ3n) is 3.55. The van der Waals surface area contributed by atoms with Gasteiger partial charge in [0.15, 0.2) is 5.13 Å². The Bertz CT molecular complexity index is 384. The molecule has 0 bridgehead atoms. The summed E-state index contributed by atoms with van der Waals surface area (Å²) < 4.78 is 5.13. The molecule has 0 radical (unpaired) electrons. The maximum Gasteiger partial charge on any atom is 0.180 e. The summed E-state index contributed by atoms with van der Waals surface area (Å²) in [7, 11) is 3.94. The van der Waals surface area contributed by atoms with Crippen molar-refractivity contribution in [1.29, 1.82) is 0 Å². The van der Waals surface area contributed by atoms with Crippen LogP contribution in [0.2, 0.25) is 0 Å². The van der Waals surface area contributed by atoms with Crippen LogP contribution in [0.4, 0.5) is 5.13 Å². The summed E-state index contributed by atoms with van der Waals surface area (Å²) in [6.07, 6.45) is 3.18. The topological polar surface area (TPSA) is 54.6 Å². The number of hydrogen-bond acceptors (Lipinski definition) is 6. The summed E-state index contributed by atoms with van der Waals surface area (Å²) in [4.78, 5) is 10.2. The Morgan fingerprint density at radius 2 is 2.47 bits per heavy atom. The van der Waals surface area contributed by atoms with E-state index in [1.807, 2.05) is 6.20 Å². The fraction of sp³-hybridized carbons (Fsp3) is 0.769. The Morgan fingerprint density at radius 3 is 3.16 bits per heavy atom. The second-order valence-electron chi connectivity index (χ2n) is 5.31. The second-order valence-corrected chi connectivity index (χ2v) is 6.46. The van der Waals surface area contributed by atoms with Crippen LogP contribution in [0.1, 0.15) is 11.3 Å². The molecular weight excluding hydrogens is 260 g/mol. The van der Waals surface area contributed by atoms with Crippen LogP contribution in [0, 0.1) is 5.92 Å². The minimum absolute atomic E-state index is 0.662. The highest BCUT2D eigenvalue weighted by atomic mass is 32.1. The first-order valence-corrected chi connectivity index (χ1v) is 7.59. The van der Waals surface area contributed by atoms with Gasteiger partial charge in [-0.2, -0.15) is 0 Å². The molecule has 1 fully saturated rings. The zero-order valence-corrected chi connectivity index (χ0v) is 12.7. The van der Waals surface area contributed by atoms with Crippen LogP contribution in [0.25, 0.3) is 0 Å². The summed E-state index contributed by atoms with van der Waals surface area (Å²) >= 11 is 1.58. The molecule has 0 spiro atoms. The van der Waals surface area contributed by atoms with Crippen LogP contribution in [0.15, 0.2) is 6.20 Å². The number of thiazole rings is 1. The first-order valence-electron chi connectivity index (χ1n) is 6.77. The predicted molar refractivity (Wildman–Crippen MR) is 79.3 cm³/mol. The van der Waals surface area contributed by atoms with E-state index in [0.29, 0.717) is 5.13 Å². The Balaban J connectivity index is 1.70. The van der Waals surface area contributed by atoms with Crippen molar-refractivity contribution in [2.45, 2.75) is 13.0 Å². The maximum absolute atomic E-state index is 5.65. The quantitative estimate of drug-likeness (QED) is 0.813. The molecule has 2 N–H and O–H groups in total. The third kappa shape index (κ3) is 4.72. The Hall–Kier alpha value is -0.690. The number of ether oxygens (including phenoxy) is 1. The van der Waals surface area contributed by atoms with E-state index in [1.165, 1.54) is 24.4 Å². The summed E-state index contributed by atoms with van der Waals surface area (Å²) in [5.74, 6) is 0.770. The number of anilines is 1. The fourth-order valence-corrected chi connectivity index (χ4v) is 3.42. The summed E-state index contributed by atoms with van der Waals surface area (Å²) in [5.41, 5.74) is 5.65. The number of hydrogen-bond donors (Lipinski definition) is 1. The van der Waals surface area contributed by atoms with E-state index in [2.05, 4.69) is 21.8 Å². The molecule has 1 aliphatic rings. The molecule has 1 atom stereocenters. The predicted octanol–water partition coefficient (Wildman–Crippen LogP) is 1.13. The average molecular weight is 284 g/mol. The highest BCUT2D eigenvalue weighted by Crippen LogP contribution is 2.20. The number of aromatic nitrogens is 1. The van der Waals surface area contributed by atoms with E-state index in [4.69, 9.17) is 10.5 Å². The summed E-state index contributed by atoms with van der Waals surface area (Å²) in [5, 5.41) is 0.662. The van der Waals surface area contributed by atoms with Crippen LogP contribution in [-0.4, -0.2) is 61.7 Å². The van der Waals surface area contributed by atoms with Crippen LogP contribution >= 0.6 is 11.3 Å². The molecule has 108 valence electrons. The van der Waals surface area contributed by atoms with Gasteiger partial charge in [-0.1, -0.05) is 0 Å². The number of nitrogens with zero attached hydrogens (tertiary/aromatic N) is 3. The van der Waals surface area contributed by atoms with Gasteiger partial charge in [-0.3, -0.25) is 0 Å². The van der Waals surface area contributed by atoms with Crippen molar-refractivity contribution >= 4 is 16.5 Å². The molecule has 0 aromatic carbocycles. The van der Waals surface area contributed by atoms with E-state index in [-0.39, 0.29) is 0 Å². The number of nitrogen functional groups attached to an aromatic ring is 1. The van der Waals surface area contributed by atoms with Gasteiger partial charge in [0, 0.05) is 44.4 Å². The lowest BCUT2D eigenvalue weighted by Gasteiger charge is -2.20. The van der Waals surface area contributed by atoms with Gasteiger partial charge in [0.05, 0.1) is 6.61 Å². The van der Waals surface area contributed by atoms with Crippen LogP contribution in [0.5, 0.6) is 0 Å². The van der Waals surface area contributed by atoms with Gasteiger partial charge in [0.1, 0.15) is 0 Å². The molecule has 0 saturated carbocycles. The van der Waals surface area contributed by atoms with Crippen molar-refractivity contribution in [3.05, 3.63) is 11.1 Å². The molecule has 2 rings (SSSR count). The Morgan fingerprint density at radius 1 is 1.63 bits per heavy atom. The zero-order chi connectivity index (χ0) is 13.7. The van der Waals surface area contributed by atoms with Crippen molar-refractivity contribution in [1.82, 2.24) is 14.8 Å². The van der Waals surface area contributed by atoms with E-state index >= 15 is 0 Å². The minimum Gasteiger partial charge on any atom is -0.383 e. The van der Waals surface area contributed by atoms with Crippen molar-refractivity contribution in [2.75, 3.05) is 52.7 Å². The first-order chi connectivity index (χ1) is 9.17. The summed E-state index contributed by atoms with van der Waals surface area (Å²) in [6.45, 7) is 6.38. The molecule has 0 unspecified atom stereocenters.